The molecule has 0 aliphatic carbocycles. The van der Waals surface area contributed by atoms with E-state index in [2.05, 4.69) is 4.98 Å². The summed E-state index contributed by atoms with van der Waals surface area (Å²) in [5, 5.41) is 0.816. The Hall–Kier alpha value is -2.18. The molecule has 5 nitrogen and oxygen atoms in total. The quantitative estimate of drug-likeness (QED) is 0.678. The molecule has 0 radical (unpaired) electrons. The Bertz CT molecular complexity index is 1120. The largest absolute Gasteiger partial charge is 0.297 e. The molecule has 4 rings (SSSR count). The number of rotatable bonds is 1. The number of fused-ring (bicyclic) bond motifs is 2. The fraction of sp³-hybridized carbons (Fsp3) is 0.125. The Morgan fingerprint density at radius 1 is 1.17 bits per heavy atom. The molecule has 1 aliphatic rings. The van der Waals surface area contributed by atoms with Crippen molar-refractivity contribution in [3.8, 4) is 5.69 Å². The van der Waals surface area contributed by atoms with Crippen LogP contribution in [0, 0.1) is 0 Å². The van der Waals surface area contributed by atoms with Gasteiger partial charge in [0, 0.05) is 29.0 Å². The molecule has 0 bridgehead atoms. The lowest BCUT2D eigenvalue weighted by molar-refractivity contribution is 0.599. The van der Waals surface area contributed by atoms with Gasteiger partial charge in [0.15, 0.2) is 9.84 Å². The normalized spacial score (nSPS) is 15.7. The number of sulfone groups is 1. The first-order chi connectivity index (χ1) is 11.0. The zero-order valence-electron chi connectivity index (χ0n) is 11.9. The van der Waals surface area contributed by atoms with E-state index < -0.39 is 15.3 Å². The summed E-state index contributed by atoms with van der Waals surface area (Å²) in [5.74, 6) is -0.0611. The van der Waals surface area contributed by atoms with Crippen LogP contribution < -0.4 is 5.43 Å². The van der Waals surface area contributed by atoms with Crippen molar-refractivity contribution >= 4 is 32.5 Å². The van der Waals surface area contributed by atoms with Crippen molar-refractivity contribution in [1.29, 1.82) is 0 Å². The second-order valence-corrected chi connectivity index (χ2v) is 7.85. The molecular formula is C16H11ClN2O3S. The van der Waals surface area contributed by atoms with E-state index >= 15 is 0 Å². The summed E-state index contributed by atoms with van der Waals surface area (Å²) in [4.78, 5) is 16.8. The minimum Gasteiger partial charge on any atom is -0.297 e. The van der Waals surface area contributed by atoms with Gasteiger partial charge in [-0.1, -0.05) is 17.7 Å². The summed E-state index contributed by atoms with van der Waals surface area (Å²) in [6.45, 7) is 0. The number of hydrogen-bond acceptors (Lipinski definition) is 4. The summed E-state index contributed by atoms with van der Waals surface area (Å²) < 4.78 is 26.3. The third kappa shape index (κ3) is 2.09. The van der Waals surface area contributed by atoms with Crippen molar-refractivity contribution in [2.24, 2.45) is 0 Å². The number of benzene rings is 1. The molecule has 0 N–H and O–H groups in total. The van der Waals surface area contributed by atoms with Gasteiger partial charge in [-0.25, -0.2) is 13.4 Å². The fourth-order valence-electron chi connectivity index (χ4n) is 3.01. The molecule has 0 unspecified atom stereocenters. The van der Waals surface area contributed by atoms with Crippen LogP contribution in [0.1, 0.15) is 5.69 Å². The van der Waals surface area contributed by atoms with E-state index in [1.807, 2.05) is 6.07 Å². The maximum absolute atomic E-state index is 12.6. The summed E-state index contributed by atoms with van der Waals surface area (Å²) in [5.41, 5.74) is 1.13. The van der Waals surface area contributed by atoms with E-state index in [1.165, 1.54) is 0 Å². The van der Waals surface area contributed by atoms with Crippen LogP contribution in [0.25, 0.3) is 16.7 Å². The van der Waals surface area contributed by atoms with Crippen molar-refractivity contribution in [3.63, 3.8) is 0 Å². The highest BCUT2D eigenvalue weighted by atomic mass is 35.5. The molecule has 3 heterocycles. The average molecular weight is 347 g/mol. The number of pyridine rings is 2. The van der Waals surface area contributed by atoms with Gasteiger partial charge in [-0.3, -0.25) is 9.36 Å². The second kappa shape index (κ2) is 4.91. The van der Waals surface area contributed by atoms with Crippen LogP contribution in [0.5, 0.6) is 0 Å². The van der Waals surface area contributed by atoms with Gasteiger partial charge in [0.2, 0.25) is 5.43 Å². The molecule has 0 fully saturated rings. The predicted octanol–water partition coefficient (Wildman–Crippen LogP) is 2.37. The zero-order chi connectivity index (χ0) is 16.2. The number of halogens is 1. The highest BCUT2D eigenvalue weighted by molar-refractivity contribution is 7.91. The van der Waals surface area contributed by atoms with E-state index in [4.69, 9.17) is 11.6 Å². The molecule has 23 heavy (non-hydrogen) atoms. The van der Waals surface area contributed by atoms with E-state index in [9.17, 15) is 13.2 Å². The summed E-state index contributed by atoms with van der Waals surface area (Å²) in [6, 6.07) is 10.3. The molecule has 0 saturated carbocycles. The van der Waals surface area contributed by atoms with Crippen molar-refractivity contribution in [2.45, 2.75) is 11.3 Å². The van der Waals surface area contributed by atoms with E-state index in [0.717, 1.165) is 0 Å². The highest BCUT2D eigenvalue weighted by Gasteiger charge is 2.33. The smallest absolute Gasteiger partial charge is 0.209 e. The molecule has 7 heteroatoms. The third-order valence-corrected chi connectivity index (χ3v) is 5.99. The Kier molecular flexibility index (Phi) is 3.08. The average Bonchev–Trinajstić information content (AvgIpc) is 2.84. The highest BCUT2D eigenvalue weighted by Crippen LogP contribution is 2.29. The SMILES string of the molecule is O=c1c2c(n(-c3cccc(Cl)c3)c3ncccc13)CCS2(=O)=O. The van der Waals surface area contributed by atoms with Gasteiger partial charge >= 0.3 is 0 Å². The van der Waals surface area contributed by atoms with Crippen LogP contribution in [0.15, 0.2) is 52.3 Å². The first-order valence-corrected chi connectivity index (χ1v) is 9.03. The standard InChI is InChI=1S/C16H11ClN2O3S/c17-10-3-1-4-11(9-10)19-13-6-8-23(21,22)15(13)14(20)12-5-2-7-18-16(12)19/h1-5,7,9H,6,8H2. The van der Waals surface area contributed by atoms with Crippen molar-refractivity contribution < 1.29 is 8.42 Å². The van der Waals surface area contributed by atoms with Gasteiger partial charge < -0.3 is 0 Å². The molecule has 1 aromatic carbocycles. The van der Waals surface area contributed by atoms with Crippen LogP contribution in [0.3, 0.4) is 0 Å². The zero-order valence-corrected chi connectivity index (χ0v) is 13.4. The lowest BCUT2D eigenvalue weighted by Gasteiger charge is -2.15. The minimum absolute atomic E-state index is 0.0611. The van der Waals surface area contributed by atoms with Crippen LogP contribution in [-0.2, 0) is 16.3 Å². The first kappa shape index (κ1) is 14.4. The summed E-state index contributed by atoms with van der Waals surface area (Å²) in [7, 11) is -3.56. The van der Waals surface area contributed by atoms with Crippen molar-refractivity contribution in [2.75, 3.05) is 5.75 Å². The maximum atomic E-state index is 12.6. The number of aromatic nitrogens is 2. The van der Waals surface area contributed by atoms with E-state index in [-0.39, 0.29) is 22.5 Å². The van der Waals surface area contributed by atoms with Crippen LogP contribution in [-0.4, -0.2) is 23.7 Å². The maximum Gasteiger partial charge on any atom is 0.209 e. The molecule has 116 valence electrons. The topological polar surface area (TPSA) is 69.0 Å². The number of nitrogens with zero attached hydrogens (tertiary/aromatic N) is 2. The molecule has 0 atom stereocenters. The fourth-order valence-corrected chi connectivity index (χ4v) is 4.80. The van der Waals surface area contributed by atoms with Crippen LogP contribution in [0.2, 0.25) is 5.02 Å². The Balaban J connectivity index is 2.25. The second-order valence-electron chi connectivity index (χ2n) is 5.36. The molecule has 3 aromatic rings. The Morgan fingerprint density at radius 2 is 2.00 bits per heavy atom. The predicted molar refractivity (Wildman–Crippen MR) is 88.1 cm³/mol. The van der Waals surface area contributed by atoms with E-state index in [0.29, 0.717) is 22.1 Å². The van der Waals surface area contributed by atoms with Crippen LogP contribution in [0.4, 0.5) is 0 Å². The Morgan fingerprint density at radius 3 is 2.78 bits per heavy atom. The van der Waals surface area contributed by atoms with Crippen molar-refractivity contribution in [3.05, 3.63) is 63.5 Å². The molecule has 0 spiro atoms. The number of hydrogen-bond donors (Lipinski definition) is 0. The lowest BCUT2D eigenvalue weighted by atomic mass is 10.2. The first-order valence-electron chi connectivity index (χ1n) is 7.00. The molecule has 2 aromatic heterocycles. The van der Waals surface area contributed by atoms with Gasteiger partial charge in [-0.05, 0) is 30.3 Å². The molecule has 0 amide bonds. The third-order valence-electron chi connectivity index (χ3n) is 3.97. The Labute approximate surface area is 137 Å². The van der Waals surface area contributed by atoms with Gasteiger partial charge in [-0.2, -0.15) is 0 Å². The molecular weight excluding hydrogens is 336 g/mol. The monoisotopic (exact) mass is 346 g/mol. The summed E-state index contributed by atoms with van der Waals surface area (Å²) >= 11 is 6.07. The van der Waals surface area contributed by atoms with Crippen molar-refractivity contribution in [1.82, 2.24) is 9.55 Å². The lowest BCUT2D eigenvalue weighted by Crippen LogP contribution is -2.19. The van der Waals surface area contributed by atoms with Gasteiger partial charge in [0.1, 0.15) is 10.5 Å². The van der Waals surface area contributed by atoms with Gasteiger partial charge in [-0.15, -0.1) is 0 Å². The van der Waals surface area contributed by atoms with Crippen LogP contribution >= 0.6 is 11.6 Å². The van der Waals surface area contributed by atoms with E-state index in [1.54, 1.807) is 41.1 Å². The molecule has 1 aliphatic heterocycles. The molecule has 0 saturated heterocycles. The minimum atomic E-state index is -3.56. The van der Waals surface area contributed by atoms with Gasteiger partial charge in [0.05, 0.1) is 11.1 Å². The van der Waals surface area contributed by atoms with Gasteiger partial charge in [0.25, 0.3) is 0 Å². The summed E-state index contributed by atoms with van der Waals surface area (Å²) in [6.07, 6.45) is 1.87.